The first kappa shape index (κ1) is 14.5. The molecule has 0 fully saturated rings. The van der Waals surface area contributed by atoms with E-state index in [2.05, 4.69) is 44.2 Å². The molecule has 3 aromatic rings. The van der Waals surface area contributed by atoms with Crippen LogP contribution >= 0.6 is 0 Å². The summed E-state index contributed by atoms with van der Waals surface area (Å²) in [5.74, 6) is 0.0478. The molecule has 0 saturated heterocycles. The summed E-state index contributed by atoms with van der Waals surface area (Å²) in [5, 5.41) is 3.50. The van der Waals surface area contributed by atoms with Crippen LogP contribution in [0, 0.1) is 13.8 Å². The first-order valence-corrected chi connectivity index (χ1v) is 7.47. The molecule has 3 rings (SSSR count). The van der Waals surface area contributed by atoms with E-state index in [1.54, 1.807) is 11.8 Å². The van der Waals surface area contributed by atoms with Crippen molar-refractivity contribution in [1.29, 1.82) is 0 Å². The maximum atomic E-state index is 11.6. The van der Waals surface area contributed by atoms with E-state index < -0.39 is 0 Å². The minimum absolute atomic E-state index is 0.0478. The Morgan fingerprint density at radius 1 is 1.09 bits per heavy atom. The lowest BCUT2D eigenvalue weighted by molar-refractivity contribution is -0.128. The van der Waals surface area contributed by atoms with Crippen molar-refractivity contribution in [2.45, 2.75) is 27.3 Å². The van der Waals surface area contributed by atoms with Crippen LogP contribution in [0.25, 0.3) is 21.7 Å². The van der Waals surface area contributed by atoms with Gasteiger partial charge in [-0.2, -0.15) is 0 Å². The number of aromatic nitrogens is 1. The zero-order valence-electron chi connectivity index (χ0n) is 13.5. The summed E-state index contributed by atoms with van der Waals surface area (Å²) in [6.07, 6.45) is 0. The van der Waals surface area contributed by atoms with Crippen molar-refractivity contribution in [3.05, 3.63) is 53.2 Å². The molecule has 3 heteroatoms. The number of pyridine rings is 1. The largest absolute Gasteiger partial charge is 0.340 e. The molecule has 1 aromatic heterocycles. The monoisotopic (exact) mass is 292 g/mol. The number of carbonyl (C=O) groups excluding carboxylic acids is 1. The molecule has 0 atom stereocenters. The van der Waals surface area contributed by atoms with E-state index in [1.165, 1.54) is 21.9 Å². The van der Waals surface area contributed by atoms with Crippen LogP contribution in [-0.2, 0) is 11.3 Å². The summed E-state index contributed by atoms with van der Waals surface area (Å²) >= 11 is 0. The standard InChI is InChI=1S/C19H20N2O/c1-12-9-13(2)19-17(10-12)15-7-5-6-8-16(15)18(20-19)11-21(4)14(3)22/h5-10H,11H2,1-4H3. The second-order valence-electron chi connectivity index (χ2n) is 5.96. The molecule has 112 valence electrons. The first-order chi connectivity index (χ1) is 10.5. The molecule has 0 spiro atoms. The zero-order valence-corrected chi connectivity index (χ0v) is 13.5. The fourth-order valence-corrected chi connectivity index (χ4v) is 2.94. The van der Waals surface area contributed by atoms with Crippen LogP contribution in [0.4, 0.5) is 0 Å². The number of carbonyl (C=O) groups is 1. The van der Waals surface area contributed by atoms with Crippen LogP contribution < -0.4 is 0 Å². The highest BCUT2D eigenvalue weighted by Crippen LogP contribution is 2.29. The van der Waals surface area contributed by atoms with Crippen molar-refractivity contribution in [3.8, 4) is 0 Å². The molecule has 3 nitrogen and oxygen atoms in total. The van der Waals surface area contributed by atoms with E-state index in [0.717, 1.165) is 16.6 Å². The Balaban J connectivity index is 2.34. The molecule has 0 aliphatic heterocycles. The van der Waals surface area contributed by atoms with Gasteiger partial charge in [0.2, 0.25) is 5.91 Å². The van der Waals surface area contributed by atoms with E-state index in [1.807, 2.05) is 13.1 Å². The maximum absolute atomic E-state index is 11.6. The Kier molecular flexibility index (Phi) is 3.57. The molecule has 0 N–H and O–H groups in total. The number of hydrogen-bond acceptors (Lipinski definition) is 2. The third-order valence-electron chi connectivity index (χ3n) is 4.14. The van der Waals surface area contributed by atoms with Gasteiger partial charge in [0.15, 0.2) is 0 Å². The Morgan fingerprint density at radius 2 is 1.77 bits per heavy atom. The molecule has 0 aliphatic rings. The van der Waals surface area contributed by atoms with Gasteiger partial charge in [0.1, 0.15) is 0 Å². The number of nitrogens with zero attached hydrogens (tertiary/aromatic N) is 2. The highest BCUT2D eigenvalue weighted by Gasteiger charge is 2.12. The van der Waals surface area contributed by atoms with Gasteiger partial charge >= 0.3 is 0 Å². The minimum atomic E-state index is 0.0478. The van der Waals surface area contributed by atoms with Crippen molar-refractivity contribution in [2.24, 2.45) is 0 Å². The number of rotatable bonds is 2. The highest BCUT2D eigenvalue weighted by atomic mass is 16.2. The molecule has 0 aliphatic carbocycles. The lowest BCUT2D eigenvalue weighted by Crippen LogP contribution is -2.23. The van der Waals surface area contributed by atoms with Crippen LogP contribution in [0.2, 0.25) is 0 Å². The smallest absolute Gasteiger partial charge is 0.219 e. The number of amides is 1. The molecule has 0 bridgehead atoms. The van der Waals surface area contributed by atoms with Gasteiger partial charge in [-0.25, -0.2) is 4.98 Å². The molecular weight excluding hydrogens is 272 g/mol. The van der Waals surface area contributed by atoms with Crippen molar-refractivity contribution >= 4 is 27.6 Å². The molecule has 22 heavy (non-hydrogen) atoms. The summed E-state index contributed by atoms with van der Waals surface area (Å²) in [7, 11) is 1.81. The van der Waals surface area contributed by atoms with Gasteiger partial charge in [-0.3, -0.25) is 4.79 Å². The lowest BCUT2D eigenvalue weighted by Gasteiger charge is -2.17. The van der Waals surface area contributed by atoms with Gasteiger partial charge in [-0.05, 0) is 30.9 Å². The summed E-state index contributed by atoms with van der Waals surface area (Å²) in [6.45, 7) is 6.31. The number of aryl methyl sites for hydroxylation is 2. The van der Waals surface area contributed by atoms with Crippen molar-refractivity contribution < 1.29 is 4.79 Å². The van der Waals surface area contributed by atoms with E-state index >= 15 is 0 Å². The fraction of sp³-hybridized carbons (Fsp3) is 0.263. The van der Waals surface area contributed by atoms with Crippen LogP contribution in [0.1, 0.15) is 23.7 Å². The van der Waals surface area contributed by atoms with Gasteiger partial charge in [0.05, 0.1) is 17.8 Å². The molecule has 0 unspecified atom stereocenters. The van der Waals surface area contributed by atoms with E-state index in [-0.39, 0.29) is 5.91 Å². The average molecular weight is 292 g/mol. The second kappa shape index (κ2) is 5.41. The summed E-state index contributed by atoms with van der Waals surface area (Å²) in [5.41, 5.74) is 4.39. The molecule has 1 heterocycles. The van der Waals surface area contributed by atoms with Crippen molar-refractivity contribution in [2.75, 3.05) is 7.05 Å². The molecule has 1 amide bonds. The van der Waals surface area contributed by atoms with Crippen molar-refractivity contribution in [3.63, 3.8) is 0 Å². The van der Waals surface area contributed by atoms with E-state index in [4.69, 9.17) is 4.98 Å². The summed E-state index contributed by atoms with van der Waals surface area (Å²) in [4.78, 5) is 18.1. The molecular formula is C19H20N2O. The average Bonchev–Trinajstić information content (AvgIpc) is 2.48. The van der Waals surface area contributed by atoms with Crippen molar-refractivity contribution in [1.82, 2.24) is 9.88 Å². The van der Waals surface area contributed by atoms with Gasteiger partial charge < -0.3 is 4.90 Å². The Bertz CT molecular complexity index is 883. The van der Waals surface area contributed by atoms with Crippen LogP contribution in [0.3, 0.4) is 0 Å². The predicted octanol–water partition coefficient (Wildman–Crippen LogP) is 3.98. The normalized spacial score (nSPS) is 11.1. The summed E-state index contributed by atoms with van der Waals surface area (Å²) < 4.78 is 0. The lowest BCUT2D eigenvalue weighted by atomic mass is 9.99. The molecule has 0 saturated carbocycles. The van der Waals surface area contributed by atoms with Gasteiger partial charge in [-0.1, -0.05) is 35.9 Å². The van der Waals surface area contributed by atoms with Gasteiger partial charge in [0, 0.05) is 24.7 Å². The molecule has 0 radical (unpaired) electrons. The Labute approximate surface area is 130 Å². The Morgan fingerprint density at radius 3 is 2.45 bits per heavy atom. The summed E-state index contributed by atoms with van der Waals surface area (Å²) in [6, 6.07) is 12.6. The quantitative estimate of drug-likeness (QED) is 0.669. The van der Waals surface area contributed by atoms with Gasteiger partial charge in [0.25, 0.3) is 0 Å². The third-order valence-corrected chi connectivity index (χ3v) is 4.14. The van der Waals surface area contributed by atoms with Crippen LogP contribution in [0.5, 0.6) is 0 Å². The maximum Gasteiger partial charge on any atom is 0.219 e. The van der Waals surface area contributed by atoms with Crippen LogP contribution in [0.15, 0.2) is 36.4 Å². The third kappa shape index (κ3) is 2.43. The predicted molar refractivity (Wildman–Crippen MR) is 90.9 cm³/mol. The highest BCUT2D eigenvalue weighted by molar-refractivity contribution is 6.07. The second-order valence-corrected chi connectivity index (χ2v) is 5.96. The van der Waals surface area contributed by atoms with E-state index in [9.17, 15) is 4.79 Å². The number of fused-ring (bicyclic) bond motifs is 3. The fourth-order valence-electron chi connectivity index (χ4n) is 2.94. The SMILES string of the molecule is CC(=O)N(C)Cc1nc2c(C)cc(C)cc2c2ccccc12. The zero-order chi connectivity index (χ0) is 15.9. The topological polar surface area (TPSA) is 33.2 Å². The number of hydrogen-bond donors (Lipinski definition) is 0. The van der Waals surface area contributed by atoms with E-state index in [0.29, 0.717) is 6.54 Å². The minimum Gasteiger partial charge on any atom is -0.340 e. The van der Waals surface area contributed by atoms with Gasteiger partial charge in [-0.15, -0.1) is 0 Å². The van der Waals surface area contributed by atoms with Crippen LogP contribution in [-0.4, -0.2) is 22.8 Å². The number of benzene rings is 2. The molecule has 2 aromatic carbocycles. The first-order valence-electron chi connectivity index (χ1n) is 7.47. The Hall–Kier alpha value is -2.42.